The zero-order chi connectivity index (χ0) is 35.7. The van der Waals surface area contributed by atoms with Gasteiger partial charge in [-0.25, -0.2) is 0 Å². The van der Waals surface area contributed by atoms with Crippen molar-refractivity contribution >= 4 is 10.9 Å². The fraction of sp³-hybridized carbons (Fsp3) is 0.220. The molecule has 0 fully saturated rings. The molecule has 0 N–H and O–H groups in total. The summed E-state index contributed by atoms with van der Waals surface area (Å²) < 4.78 is 0. The molecule has 1 aliphatic rings. The van der Waals surface area contributed by atoms with Gasteiger partial charge in [0.1, 0.15) is 0 Å². The first-order valence-electron chi connectivity index (χ1n) is 18.2. The van der Waals surface area contributed by atoms with Gasteiger partial charge in [0.05, 0.1) is 5.52 Å². The van der Waals surface area contributed by atoms with Crippen molar-refractivity contribution in [3.63, 3.8) is 0 Å². The van der Waals surface area contributed by atoms with E-state index in [2.05, 4.69) is 195 Å². The molecule has 0 bridgehead atoms. The van der Waals surface area contributed by atoms with Crippen LogP contribution in [0, 0.1) is 6.07 Å². The van der Waals surface area contributed by atoms with Crippen molar-refractivity contribution in [1.29, 1.82) is 0 Å². The Bertz CT molecular complexity index is 2410. The first-order chi connectivity index (χ1) is 24.3. The third-order valence-corrected chi connectivity index (χ3v) is 10.9. The molecule has 0 spiro atoms. The van der Waals surface area contributed by atoms with Crippen LogP contribution in [0.3, 0.4) is 0 Å². The molecule has 2 heteroatoms. The number of fused-ring (bicyclic) bond motifs is 4. The summed E-state index contributed by atoms with van der Waals surface area (Å²) in [6.45, 7) is 18.4. The second kappa shape index (κ2) is 13.1. The molecule has 1 heterocycles. The van der Waals surface area contributed by atoms with Crippen molar-refractivity contribution in [3.8, 4) is 55.8 Å². The minimum absolute atomic E-state index is 0. The third-order valence-electron chi connectivity index (χ3n) is 10.9. The summed E-state index contributed by atoms with van der Waals surface area (Å²) in [6.07, 6.45) is 0. The van der Waals surface area contributed by atoms with Crippen LogP contribution in [0.1, 0.15) is 77.6 Å². The van der Waals surface area contributed by atoms with Crippen LogP contribution in [-0.2, 0) is 36.4 Å². The van der Waals surface area contributed by atoms with Crippen LogP contribution in [0.5, 0.6) is 0 Å². The summed E-state index contributed by atoms with van der Waals surface area (Å²) in [4.78, 5) is 5.27. The Morgan fingerprint density at radius 3 is 1.75 bits per heavy atom. The number of nitrogens with zero attached hydrogens (tertiary/aromatic N) is 1. The molecule has 0 saturated heterocycles. The number of hydrogen-bond donors (Lipinski definition) is 0. The largest absolute Gasteiger partial charge is 0.296 e. The molecular weight excluding hydrogens is 807 g/mol. The van der Waals surface area contributed by atoms with Crippen molar-refractivity contribution in [2.24, 2.45) is 0 Å². The number of benzene rings is 6. The third kappa shape index (κ3) is 6.38. The second-order valence-corrected chi connectivity index (χ2v) is 16.9. The summed E-state index contributed by atoms with van der Waals surface area (Å²) in [5, 5.41) is 1.15. The van der Waals surface area contributed by atoms with E-state index < -0.39 is 0 Å². The normalized spacial score (nSPS) is 13.4. The molecule has 1 aromatic heterocycles. The Morgan fingerprint density at radius 1 is 0.500 bits per heavy atom. The molecule has 0 atom stereocenters. The van der Waals surface area contributed by atoms with Crippen molar-refractivity contribution in [2.75, 3.05) is 0 Å². The van der Waals surface area contributed by atoms with Crippen LogP contribution in [0.15, 0.2) is 133 Å². The van der Waals surface area contributed by atoms with Crippen LogP contribution in [0.4, 0.5) is 0 Å². The maximum Gasteiger partial charge on any atom is 0.0602 e. The van der Waals surface area contributed by atoms with Crippen molar-refractivity contribution in [2.45, 2.75) is 71.6 Å². The molecule has 1 aliphatic carbocycles. The van der Waals surface area contributed by atoms with Crippen molar-refractivity contribution in [1.82, 2.24) is 4.98 Å². The van der Waals surface area contributed by atoms with E-state index in [0.717, 1.165) is 22.2 Å². The summed E-state index contributed by atoms with van der Waals surface area (Å²) >= 11 is 0. The fourth-order valence-electron chi connectivity index (χ4n) is 7.70. The summed E-state index contributed by atoms with van der Waals surface area (Å²) in [5.41, 5.74) is 18.3. The molecule has 0 unspecified atom stereocenters. The van der Waals surface area contributed by atoms with Crippen molar-refractivity contribution < 1.29 is 20.1 Å². The maximum absolute atomic E-state index is 5.27. The number of hydrogen-bond acceptors (Lipinski definition) is 1. The average Bonchev–Trinajstić information content (AvgIpc) is 3.36. The minimum Gasteiger partial charge on any atom is -0.296 e. The van der Waals surface area contributed by atoms with E-state index in [-0.39, 0.29) is 36.4 Å². The quantitative estimate of drug-likeness (QED) is 0.161. The van der Waals surface area contributed by atoms with Gasteiger partial charge < -0.3 is 0 Å². The predicted octanol–water partition coefficient (Wildman–Crippen LogP) is 13.6. The van der Waals surface area contributed by atoms with E-state index in [1.165, 1.54) is 66.8 Å². The van der Waals surface area contributed by atoms with Gasteiger partial charge in [-0.15, -0.1) is 29.3 Å². The average molecular weight is 853 g/mol. The number of rotatable bonds is 4. The van der Waals surface area contributed by atoms with Gasteiger partial charge in [0.25, 0.3) is 0 Å². The van der Waals surface area contributed by atoms with E-state index in [4.69, 9.17) is 4.98 Å². The Kier molecular flexibility index (Phi) is 9.01. The predicted molar refractivity (Wildman–Crippen MR) is 217 cm³/mol. The van der Waals surface area contributed by atoms with Gasteiger partial charge in [-0.2, -0.15) is 0 Å². The van der Waals surface area contributed by atoms with E-state index in [0.29, 0.717) is 0 Å². The standard InChI is InChI=1S/C50H46N.Ir/c1-48(2,3)38-26-37(27-39(30-38)49(4,5)6)33-20-18-32(19-21-33)35-23-25-46-43(28-35)42(34-14-10-9-11-15-34)31-47(51-46)36-22-24-41-40-16-12-13-17-44(40)50(7,8)45(41)29-36;/h9-21,23-31H,1-8H3;/q-1;. The maximum atomic E-state index is 5.27. The van der Waals surface area contributed by atoms with Gasteiger partial charge in [0.15, 0.2) is 0 Å². The van der Waals surface area contributed by atoms with Gasteiger partial charge in [-0.1, -0.05) is 176 Å². The Hall–Kier alpha value is -4.62. The van der Waals surface area contributed by atoms with Gasteiger partial charge >= 0.3 is 0 Å². The van der Waals surface area contributed by atoms with E-state index in [9.17, 15) is 0 Å². The first-order valence-corrected chi connectivity index (χ1v) is 18.2. The van der Waals surface area contributed by atoms with Gasteiger partial charge in [0.2, 0.25) is 0 Å². The minimum atomic E-state index is -0.0798. The van der Waals surface area contributed by atoms with E-state index in [1.54, 1.807) is 0 Å². The number of pyridine rings is 1. The molecule has 8 rings (SSSR count). The molecule has 0 saturated carbocycles. The first kappa shape index (κ1) is 35.8. The van der Waals surface area contributed by atoms with Crippen LogP contribution < -0.4 is 0 Å². The fourth-order valence-corrected chi connectivity index (χ4v) is 7.70. The van der Waals surface area contributed by atoms with Gasteiger partial charge in [0, 0.05) is 25.5 Å². The Balaban J connectivity index is 0.00000420. The van der Waals surface area contributed by atoms with Crippen LogP contribution in [0.2, 0.25) is 0 Å². The SMILES string of the molecule is CC(C)(C)c1cc(-c2ccc(-c3ccc4nc(-c5[c-]cc6c(c5)C(C)(C)c5ccccc5-6)cc(-c5ccccc5)c4c3)cc2)cc(C(C)(C)C)c1.[Ir]. The molecule has 0 amide bonds. The molecule has 52 heavy (non-hydrogen) atoms. The van der Waals surface area contributed by atoms with Gasteiger partial charge in [-0.3, -0.25) is 4.98 Å². The molecule has 7 aromatic rings. The topological polar surface area (TPSA) is 12.9 Å². The van der Waals surface area contributed by atoms with Crippen LogP contribution >= 0.6 is 0 Å². The molecule has 1 nitrogen and oxygen atoms in total. The zero-order valence-electron chi connectivity index (χ0n) is 31.5. The Morgan fingerprint density at radius 2 is 1.10 bits per heavy atom. The van der Waals surface area contributed by atoms with Crippen LogP contribution in [-0.4, -0.2) is 4.98 Å². The molecule has 0 aliphatic heterocycles. The molecule has 261 valence electrons. The zero-order valence-corrected chi connectivity index (χ0v) is 33.9. The summed E-state index contributed by atoms with van der Waals surface area (Å²) in [6, 6.07) is 52.8. The summed E-state index contributed by atoms with van der Waals surface area (Å²) in [7, 11) is 0. The molecule has 6 aromatic carbocycles. The van der Waals surface area contributed by atoms with Gasteiger partial charge in [-0.05, 0) is 84.1 Å². The number of aromatic nitrogens is 1. The molecule has 1 radical (unpaired) electrons. The Labute approximate surface area is 323 Å². The van der Waals surface area contributed by atoms with E-state index in [1.807, 2.05) is 0 Å². The monoisotopic (exact) mass is 853 g/mol. The second-order valence-electron chi connectivity index (χ2n) is 16.9. The summed E-state index contributed by atoms with van der Waals surface area (Å²) in [5.74, 6) is 0. The van der Waals surface area contributed by atoms with E-state index >= 15 is 0 Å². The van der Waals surface area contributed by atoms with Crippen molar-refractivity contribution in [3.05, 3.63) is 162 Å². The van der Waals surface area contributed by atoms with Crippen LogP contribution in [0.25, 0.3) is 66.7 Å². The molecular formula is C50H46IrN-. The smallest absolute Gasteiger partial charge is 0.0602 e.